The van der Waals surface area contributed by atoms with Gasteiger partial charge in [-0.1, -0.05) is 24.3 Å². The van der Waals surface area contributed by atoms with E-state index in [1.165, 1.54) is 0 Å². The zero-order chi connectivity index (χ0) is 21.5. The number of hydrogen-bond donors (Lipinski definition) is 2. The number of para-hydroxylation sites is 1. The highest BCUT2D eigenvalue weighted by molar-refractivity contribution is 6.04. The highest BCUT2D eigenvalue weighted by Crippen LogP contribution is 2.51. The SMILES string of the molecule is COc1ccc(O)c(C2=NN3C(C2)c2cccc(OC)c2OC3c2cccc(O)c2)c1. The molecule has 0 amide bonds. The van der Waals surface area contributed by atoms with Crippen molar-refractivity contribution in [1.29, 1.82) is 0 Å². The second-order valence-corrected chi connectivity index (χ2v) is 7.47. The number of phenolic OH excluding ortho intramolecular Hbond substituents is 2. The van der Waals surface area contributed by atoms with Crippen molar-refractivity contribution in [3.8, 4) is 28.7 Å². The highest BCUT2D eigenvalue weighted by atomic mass is 16.5. The molecule has 31 heavy (non-hydrogen) atoms. The van der Waals surface area contributed by atoms with Crippen molar-refractivity contribution < 1.29 is 24.4 Å². The Labute approximate surface area is 179 Å². The fourth-order valence-corrected chi connectivity index (χ4v) is 4.18. The smallest absolute Gasteiger partial charge is 0.214 e. The minimum absolute atomic E-state index is 0.119. The summed E-state index contributed by atoms with van der Waals surface area (Å²) in [6, 6.07) is 17.7. The standard InChI is InChI=1S/C24H22N2O5/c1-29-16-9-10-21(28)18(12-16)19-13-20-17-7-4-8-22(30-2)23(17)31-24(26(20)25-19)14-5-3-6-15(27)11-14/h3-12,20,24,27-28H,13H2,1-2H3. The first kappa shape index (κ1) is 19.1. The van der Waals surface area contributed by atoms with Crippen LogP contribution in [0, 0.1) is 0 Å². The Bertz CT molecular complexity index is 1180. The highest BCUT2D eigenvalue weighted by Gasteiger charge is 2.42. The molecule has 0 spiro atoms. The van der Waals surface area contributed by atoms with E-state index in [0.717, 1.165) is 16.8 Å². The summed E-state index contributed by atoms with van der Waals surface area (Å²) in [5.41, 5.74) is 3.07. The number of benzene rings is 3. The van der Waals surface area contributed by atoms with Gasteiger partial charge in [0.25, 0.3) is 0 Å². The van der Waals surface area contributed by atoms with E-state index in [1.54, 1.807) is 50.6 Å². The van der Waals surface area contributed by atoms with E-state index < -0.39 is 6.23 Å². The molecule has 0 bridgehead atoms. The van der Waals surface area contributed by atoms with Crippen molar-refractivity contribution in [2.45, 2.75) is 18.7 Å². The second-order valence-electron chi connectivity index (χ2n) is 7.47. The molecule has 0 radical (unpaired) electrons. The van der Waals surface area contributed by atoms with E-state index in [4.69, 9.17) is 19.3 Å². The summed E-state index contributed by atoms with van der Waals surface area (Å²) in [6.07, 6.45) is 0.00527. The molecule has 0 fully saturated rings. The topological polar surface area (TPSA) is 83.8 Å². The van der Waals surface area contributed by atoms with E-state index in [1.807, 2.05) is 29.3 Å². The number of fused-ring (bicyclic) bond motifs is 3. The summed E-state index contributed by atoms with van der Waals surface area (Å²) in [6.45, 7) is 0. The minimum Gasteiger partial charge on any atom is -0.508 e. The lowest BCUT2D eigenvalue weighted by Gasteiger charge is -2.38. The van der Waals surface area contributed by atoms with Crippen LogP contribution in [0.5, 0.6) is 28.7 Å². The molecule has 7 heteroatoms. The Morgan fingerprint density at radius 3 is 2.61 bits per heavy atom. The molecule has 2 atom stereocenters. The lowest BCUT2D eigenvalue weighted by Crippen LogP contribution is -2.33. The van der Waals surface area contributed by atoms with Gasteiger partial charge in [-0.15, -0.1) is 0 Å². The lowest BCUT2D eigenvalue weighted by atomic mass is 9.95. The number of methoxy groups -OCH3 is 2. The average Bonchev–Trinajstić information content (AvgIpc) is 3.24. The van der Waals surface area contributed by atoms with Crippen molar-refractivity contribution in [3.05, 3.63) is 77.4 Å². The maximum absolute atomic E-state index is 10.5. The van der Waals surface area contributed by atoms with Crippen LogP contribution in [0.1, 0.15) is 35.4 Å². The normalized spacial score (nSPS) is 19.2. The van der Waals surface area contributed by atoms with Gasteiger partial charge in [-0.3, -0.25) is 0 Å². The van der Waals surface area contributed by atoms with Crippen molar-refractivity contribution in [2.24, 2.45) is 5.10 Å². The fraction of sp³-hybridized carbons (Fsp3) is 0.208. The summed E-state index contributed by atoms with van der Waals surface area (Å²) in [4.78, 5) is 0. The third-order valence-electron chi connectivity index (χ3n) is 5.67. The van der Waals surface area contributed by atoms with Crippen LogP contribution < -0.4 is 14.2 Å². The minimum atomic E-state index is -0.564. The number of nitrogens with zero attached hydrogens (tertiary/aromatic N) is 2. The molecule has 2 N–H and O–H groups in total. The van der Waals surface area contributed by atoms with Gasteiger partial charge < -0.3 is 24.4 Å². The van der Waals surface area contributed by atoms with Crippen LogP contribution in [0.2, 0.25) is 0 Å². The summed E-state index contributed by atoms with van der Waals surface area (Å²) < 4.78 is 17.2. The number of aromatic hydroxyl groups is 2. The molecule has 0 aliphatic carbocycles. The quantitative estimate of drug-likeness (QED) is 0.655. The second kappa shape index (κ2) is 7.43. The molecule has 3 aromatic carbocycles. The van der Waals surface area contributed by atoms with Crippen LogP contribution in [0.3, 0.4) is 0 Å². The number of hydrogen-bond acceptors (Lipinski definition) is 7. The maximum atomic E-state index is 10.5. The summed E-state index contributed by atoms with van der Waals surface area (Å²) >= 11 is 0. The van der Waals surface area contributed by atoms with Crippen molar-refractivity contribution >= 4 is 5.71 Å². The van der Waals surface area contributed by atoms with Gasteiger partial charge in [0.1, 0.15) is 17.2 Å². The molecule has 2 aliphatic rings. The van der Waals surface area contributed by atoms with Gasteiger partial charge in [0.05, 0.1) is 26.0 Å². The van der Waals surface area contributed by atoms with E-state index in [-0.39, 0.29) is 17.5 Å². The molecular weight excluding hydrogens is 396 g/mol. The molecule has 2 heterocycles. The van der Waals surface area contributed by atoms with Gasteiger partial charge in [0, 0.05) is 23.1 Å². The summed E-state index contributed by atoms with van der Waals surface area (Å²) in [5, 5.41) is 27.2. The first-order valence-electron chi connectivity index (χ1n) is 9.94. The first-order valence-corrected chi connectivity index (χ1v) is 9.94. The van der Waals surface area contributed by atoms with Gasteiger partial charge >= 0.3 is 0 Å². The van der Waals surface area contributed by atoms with Gasteiger partial charge in [0.15, 0.2) is 11.5 Å². The number of hydrazone groups is 1. The van der Waals surface area contributed by atoms with E-state index in [2.05, 4.69) is 0 Å². The molecule has 7 nitrogen and oxygen atoms in total. The average molecular weight is 418 g/mol. The van der Waals surface area contributed by atoms with Crippen LogP contribution in [0.15, 0.2) is 65.8 Å². The van der Waals surface area contributed by atoms with E-state index >= 15 is 0 Å². The Kier molecular flexibility index (Phi) is 4.58. The molecule has 2 aliphatic heterocycles. The van der Waals surface area contributed by atoms with Gasteiger partial charge in [-0.05, 0) is 36.4 Å². The van der Waals surface area contributed by atoms with E-state index in [0.29, 0.717) is 29.2 Å². The molecular formula is C24H22N2O5. The fourth-order valence-electron chi connectivity index (χ4n) is 4.18. The van der Waals surface area contributed by atoms with Gasteiger partial charge in [-0.25, -0.2) is 5.01 Å². The molecule has 0 saturated heterocycles. The number of rotatable bonds is 4. The Hall–Kier alpha value is -3.87. The summed E-state index contributed by atoms with van der Waals surface area (Å²) in [7, 11) is 3.20. The van der Waals surface area contributed by atoms with Gasteiger partial charge in [-0.2, -0.15) is 5.10 Å². The number of ether oxygens (including phenoxy) is 3. The third kappa shape index (κ3) is 3.18. The van der Waals surface area contributed by atoms with Crippen molar-refractivity contribution in [1.82, 2.24) is 5.01 Å². The van der Waals surface area contributed by atoms with Crippen LogP contribution in [0.4, 0.5) is 0 Å². The van der Waals surface area contributed by atoms with Crippen molar-refractivity contribution in [3.63, 3.8) is 0 Å². The summed E-state index contributed by atoms with van der Waals surface area (Å²) in [5.74, 6) is 2.23. The van der Waals surface area contributed by atoms with E-state index in [9.17, 15) is 10.2 Å². The third-order valence-corrected chi connectivity index (χ3v) is 5.67. The predicted octanol–water partition coefficient (Wildman–Crippen LogP) is 4.36. The zero-order valence-corrected chi connectivity index (χ0v) is 17.1. The maximum Gasteiger partial charge on any atom is 0.214 e. The predicted molar refractivity (Wildman–Crippen MR) is 115 cm³/mol. The molecule has 0 aromatic heterocycles. The first-order chi connectivity index (χ1) is 15.1. The van der Waals surface area contributed by atoms with Gasteiger partial charge in [0.2, 0.25) is 6.23 Å². The molecule has 0 saturated carbocycles. The Morgan fingerprint density at radius 1 is 1.00 bits per heavy atom. The molecule has 158 valence electrons. The zero-order valence-electron chi connectivity index (χ0n) is 17.1. The van der Waals surface area contributed by atoms with Crippen LogP contribution in [-0.2, 0) is 0 Å². The van der Waals surface area contributed by atoms with Crippen LogP contribution in [0.25, 0.3) is 0 Å². The molecule has 5 rings (SSSR count). The Morgan fingerprint density at radius 2 is 1.84 bits per heavy atom. The monoisotopic (exact) mass is 418 g/mol. The number of phenols is 2. The largest absolute Gasteiger partial charge is 0.508 e. The molecule has 3 aromatic rings. The van der Waals surface area contributed by atoms with Crippen LogP contribution in [-0.4, -0.2) is 35.2 Å². The molecule has 2 unspecified atom stereocenters. The van der Waals surface area contributed by atoms with Crippen LogP contribution >= 0.6 is 0 Å². The lowest BCUT2D eigenvalue weighted by molar-refractivity contribution is -0.0210. The van der Waals surface area contributed by atoms with Crippen molar-refractivity contribution in [2.75, 3.05) is 14.2 Å². The Balaban J connectivity index is 1.64.